The Morgan fingerprint density at radius 1 is 1.00 bits per heavy atom. The van der Waals surface area contributed by atoms with Crippen molar-refractivity contribution in [2.75, 3.05) is 26.1 Å². The number of nitrogens with one attached hydrogen (secondary N) is 1. The van der Waals surface area contributed by atoms with Crippen LogP contribution < -0.4 is 14.8 Å². The van der Waals surface area contributed by atoms with Crippen molar-refractivity contribution in [2.45, 2.75) is 20.3 Å². The summed E-state index contributed by atoms with van der Waals surface area (Å²) in [5, 5.41) is 3.68. The Labute approximate surface area is 175 Å². The molecule has 0 radical (unpaired) electrons. The van der Waals surface area contributed by atoms with Gasteiger partial charge in [0.2, 0.25) is 0 Å². The standard InChI is InChI=1S/C22H23ClN2O4/c1-5-10-25-21(26)19(14-7-9-17(28-3)18(11-14)29-4)20(22(25)27)24-15-8-6-13(2)16(23)12-15/h6-9,11-12,24H,5,10H2,1-4H3. The lowest BCUT2D eigenvalue weighted by Gasteiger charge is -2.14. The summed E-state index contributed by atoms with van der Waals surface area (Å²) in [7, 11) is 3.06. The maximum absolute atomic E-state index is 13.1. The summed E-state index contributed by atoms with van der Waals surface area (Å²) in [5.41, 5.74) is 2.64. The van der Waals surface area contributed by atoms with Gasteiger partial charge in [0.1, 0.15) is 5.70 Å². The van der Waals surface area contributed by atoms with E-state index in [4.69, 9.17) is 21.1 Å². The number of hydrogen-bond acceptors (Lipinski definition) is 5. The summed E-state index contributed by atoms with van der Waals surface area (Å²) in [6, 6.07) is 10.5. The molecule has 0 fully saturated rings. The number of ether oxygens (including phenoxy) is 2. The molecule has 1 N–H and O–H groups in total. The Hall–Kier alpha value is -2.99. The summed E-state index contributed by atoms with van der Waals surface area (Å²) in [6.45, 7) is 4.16. The van der Waals surface area contributed by atoms with Crippen molar-refractivity contribution in [3.8, 4) is 11.5 Å². The van der Waals surface area contributed by atoms with Crippen LogP contribution in [0, 0.1) is 6.92 Å². The summed E-state index contributed by atoms with van der Waals surface area (Å²) in [4.78, 5) is 27.4. The Morgan fingerprint density at radius 3 is 2.34 bits per heavy atom. The molecule has 1 aliphatic heterocycles. The zero-order valence-corrected chi connectivity index (χ0v) is 17.6. The predicted octanol–water partition coefficient (Wildman–Crippen LogP) is 4.27. The minimum atomic E-state index is -0.363. The van der Waals surface area contributed by atoms with Crippen molar-refractivity contribution in [3.05, 3.63) is 58.2 Å². The summed E-state index contributed by atoms with van der Waals surface area (Å²) >= 11 is 6.22. The first-order chi connectivity index (χ1) is 13.9. The number of hydrogen-bond donors (Lipinski definition) is 1. The van der Waals surface area contributed by atoms with Gasteiger partial charge in [-0.2, -0.15) is 0 Å². The largest absolute Gasteiger partial charge is 0.493 e. The lowest BCUT2D eigenvalue weighted by Crippen LogP contribution is -2.33. The van der Waals surface area contributed by atoms with E-state index in [2.05, 4.69) is 5.32 Å². The average Bonchev–Trinajstić information content (AvgIpc) is 2.94. The molecule has 152 valence electrons. The Bertz CT molecular complexity index is 1000. The van der Waals surface area contributed by atoms with Crippen molar-refractivity contribution in [1.82, 2.24) is 4.90 Å². The smallest absolute Gasteiger partial charge is 0.278 e. The first-order valence-corrected chi connectivity index (χ1v) is 9.65. The van der Waals surface area contributed by atoms with E-state index in [9.17, 15) is 9.59 Å². The fourth-order valence-electron chi connectivity index (χ4n) is 3.19. The second-order valence-corrected chi connectivity index (χ2v) is 7.08. The molecule has 7 heteroatoms. The number of imide groups is 1. The number of aryl methyl sites for hydroxylation is 1. The molecule has 0 aliphatic carbocycles. The summed E-state index contributed by atoms with van der Waals surface area (Å²) in [6.07, 6.45) is 0.667. The molecular weight excluding hydrogens is 392 g/mol. The van der Waals surface area contributed by atoms with Gasteiger partial charge in [0.05, 0.1) is 19.8 Å². The van der Waals surface area contributed by atoms with Gasteiger partial charge in [-0.3, -0.25) is 14.5 Å². The molecule has 2 amide bonds. The first kappa shape index (κ1) is 20.7. The molecule has 0 atom stereocenters. The number of nitrogens with zero attached hydrogens (tertiary/aromatic N) is 1. The second-order valence-electron chi connectivity index (χ2n) is 6.67. The lowest BCUT2D eigenvalue weighted by molar-refractivity contribution is -0.136. The van der Waals surface area contributed by atoms with E-state index in [1.807, 2.05) is 26.0 Å². The molecule has 0 aromatic heterocycles. The van der Waals surface area contributed by atoms with Gasteiger partial charge >= 0.3 is 0 Å². The third-order valence-corrected chi connectivity index (χ3v) is 5.14. The fraction of sp³-hybridized carbons (Fsp3) is 0.273. The van der Waals surface area contributed by atoms with Crippen LogP contribution in [0.3, 0.4) is 0 Å². The highest BCUT2D eigenvalue weighted by Crippen LogP contribution is 2.36. The van der Waals surface area contributed by atoms with Crippen molar-refractivity contribution in [1.29, 1.82) is 0 Å². The SMILES string of the molecule is CCCN1C(=O)C(Nc2ccc(C)c(Cl)c2)=C(c2ccc(OC)c(OC)c2)C1=O. The van der Waals surface area contributed by atoms with Gasteiger partial charge in [-0.25, -0.2) is 0 Å². The molecule has 1 heterocycles. The number of amides is 2. The fourth-order valence-corrected chi connectivity index (χ4v) is 3.37. The number of halogens is 1. The van der Waals surface area contributed by atoms with E-state index < -0.39 is 0 Å². The van der Waals surface area contributed by atoms with Gasteiger partial charge in [0.25, 0.3) is 11.8 Å². The van der Waals surface area contributed by atoms with Gasteiger partial charge in [-0.1, -0.05) is 30.7 Å². The van der Waals surface area contributed by atoms with Gasteiger partial charge in [-0.15, -0.1) is 0 Å². The van der Waals surface area contributed by atoms with Crippen LogP contribution in [0.15, 0.2) is 42.1 Å². The summed E-state index contributed by atoms with van der Waals surface area (Å²) < 4.78 is 10.6. The van der Waals surface area contributed by atoms with Crippen molar-refractivity contribution in [2.24, 2.45) is 0 Å². The Balaban J connectivity index is 2.11. The topological polar surface area (TPSA) is 67.9 Å². The summed E-state index contributed by atoms with van der Waals surface area (Å²) in [5.74, 6) is 0.311. The van der Waals surface area contributed by atoms with E-state index >= 15 is 0 Å². The van der Waals surface area contributed by atoms with E-state index in [0.717, 1.165) is 5.56 Å². The third kappa shape index (κ3) is 3.93. The average molecular weight is 415 g/mol. The van der Waals surface area contributed by atoms with E-state index in [0.29, 0.717) is 46.3 Å². The van der Waals surface area contributed by atoms with Crippen molar-refractivity contribution < 1.29 is 19.1 Å². The van der Waals surface area contributed by atoms with Crippen LogP contribution in [-0.4, -0.2) is 37.5 Å². The normalized spacial score (nSPS) is 13.9. The first-order valence-electron chi connectivity index (χ1n) is 9.27. The second kappa shape index (κ2) is 8.57. The highest BCUT2D eigenvalue weighted by atomic mass is 35.5. The van der Waals surface area contributed by atoms with E-state index in [-0.39, 0.29) is 17.5 Å². The maximum atomic E-state index is 13.1. The molecule has 1 aliphatic rings. The van der Waals surface area contributed by atoms with Gasteiger partial charge in [-0.05, 0) is 48.7 Å². The van der Waals surface area contributed by atoms with Crippen LogP contribution in [0.5, 0.6) is 11.5 Å². The molecule has 3 rings (SSSR count). The van der Waals surface area contributed by atoms with Crippen LogP contribution in [-0.2, 0) is 9.59 Å². The minimum Gasteiger partial charge on any atom is -0.493 e. The predicted molar refractivity (Wildman–Crippen MR) is 113 cm³/mol. The molecule has 2 aromatic rings. The van der Waals surface area contributed by atoms with Crippen LogP contribution >= 0.6 is 11.6 Å². The zero-order valence-electron chi connectivity index (χ0n) is 16.8. The number of methoxy groups -OCH3 is 2. The number of anilines is 1. The van der Waals surface area contributed by atoms with E-state index in [1.165, 1.54) is 19.1 Å². The molecule has 0 spiro atoms. The zero-order chi connectivity index (χ0) is 21.1. The molecule has 6 nitrogen and oxygen atoms in total. The quantitative estimate of drug-likeness (QED) is 0.685. The van der Waals surface area contributed by atoms with Crippen molar-refractivity contribution >= 4 is 34.7 Å². The van der Waals surface area contributed by atoms with E-state index in [1.54, 1.807) is 24.3 Å². The minimum absolute atomic E-state index is 0.218. The Morgan fingerprint density at radius 2 is 1.72 bits per heavy atom. The highest BCUT2D eigenvalue weighted by molar-refractivity contribution is 6.36. The molecule has 0 bridgehead atoms. The number of rotatable bonds is 7. The number of carbonyl (C=O) groups excluding carboxylic acids is 2. The molecule has 29 heavy (non-hydrogen) atoms. The maximum Gasteiger partial charge on any atom is 0.278 e. The molecule has 2 aromatic carbocycles. The Kier molecular flexibility index (Phi) is 6.13. The van der Waals surface area contributed by atoms with Gasteiger partial charge in [0.15, 0.2) is 11.5 Å². The third-order valence-electron chi connectivity index (χ3n) is 4.73. The van der Waals surface area contributed by atoms with Crippen LogP contribution in [0.1, 0.15) is 24.5 Å². The van der Waals surface area contributed by atoms with Crippen LogP contribution in [0.25, 0.3) is 5.57 Å². The molecule has 0 saturated carbocycles. The molecular formula is C22H23ClN2O4. The van der Waals surface area contributed by atoms with Gasteiger partial charge in [0, 0.05) is 17.3 Å². The number of carbonyl (C=O) groups is 2. The van der Waals surface area contributed by atoms with Gasteiger partial charge < -0.3 is 14.8 Å². The van der Waals surface area contributed by atoms with Crippen molar-refractivity contribution in [3.63, 3.8) is 0 Å². The lowest BCUT2D eigenvalue weighted by atomic mass is 10.0. The molecule has 0 saturated heterocycles. The number of benzene rings is 2. The van der Waals surface area contributed by atoms with Crippen LogP contribution in [0.4, 0.5) is 5.69 Å². The van der Waals surface area contributed by atoms with Crippen LogP contribution in [0.2, 0.25) is 5.02 Å². The molecule has 0 unspecified atom stereocenters. The monoisotopic (exact) mass is 414 g/mol. The highest BCUT2D eigenvalue weighted by Gasteiger charge is 2.39.